The summed E-state index contributed by atoms with van der Waals surface area (Å²) in [5.74, 6) is -0.0892. The van der Waals surface area contributed by atoms with E-state index in [4.69, 9.17) is 16.3 Å². The van der Waals surface area contributed by atoms with Crippen LogP contribution in [0.1, 0.15) is 120 Å². The molecule has 0 fully saturated rings. The van der Waals surface area contributed by atoms with Gasteiger partial charge in [0.15, 0.2) is 6.20 Å². The molecular weight excluding hydrogens is 623 g/mol. The number of aryl methyl sites for hydroxylation is 1. The summed E-state index contributed by atoms with van der Waals surface area (Å²) in [6.45, 7) is 7.42. The maximum Gasteiger partial charge on any atom is 0.261 e. The van der Waals surface area contributed by atoms with E-state index in [1.54, 1.807) is 18.2 Å². The molecule has 0 saturated carbocycles. The smallest absolute Gasteiger partial charge is 0.261 e. The fourth-order valence-electron chi connectivity index (χ4n) is 4.63. The minimum atomic E-state index is -0.362. The zero-order valence-electron chi connectivity index (χ0n) is 24.2. The van der Waals surface area contributed by atoms with Gasteiger partial charge in [0.25, 0.3) is 5.91 Å². The summed E-state index contributed by atoms with van der Waals surface area (Å²) in [4.78, 5) is 26.8. The number of imide groups is 1. The Kier molecular flexibility index (Phi) is 19.2. The van der Waals surface area contributed by atoms with E-state index >= 15 is 0 Å². The van der Waals surface area contributed by atoms with Gasteiger partial charge in [0.1, 0.15) is 18.8 Å². The summed E-state index contributed by atoms with van der Waals surface area (Å²) in [5, 5.41) is 0.388. The molecular formula is C32H48ClIN2O3. The average molecular weight is 671 g/mol. The standard InChI is InChI=1S/C32H48ClN2O3.HI/c1-4-6-7-8-9-10-11-12-13-14-15-18-24-38-31-21-20-28(25-30(31)33)32(37)35(27(3)36)26-29-19-16-17-23-34(29)22-5-2;/h16-17,19-21,23,25H,4-15,18,22,24,26H2,1-3H3;1H/q+1;/p-1. The van der Waals surface area contributed by atoms with Crippen LogP contribution in [-0.4, -0.2) is 23.3 Å². The number of carbonyl (C=O) groups excluding carboxylic acids is 2. The molecule has 218 valence electrons. The first kappa shape index (κ1) is 35.4. The summed E-state index contributed by atoms with van der Waals surface area (Å²) in [5.41, 5.74) is 1.28. The highest BCUT2D eigenvalue weighted by molar-refractivity contribution is 6.32. The Morgan fingerprint density at radius 2 is 1.46 bits per heavy atom. The summed E-state index contributed by atoms with van der Waals surface area (Å²) in [7, 11) is 0. The van der Waals surface area contributed by atoms with Gasteiger partial charge >= 0.3 is 0 Å². The van der Waals surface area contributed by atoms with E-state index in [0.29, 0.717) is 22.9 Å². The van der Waals surface area contributed by atoms with Gasteiger partial charge in [-0.05, 0) is 24.6 Å². The van der Waals surface area contributed by atoms with Gasteiger partial charge in [0, 0.05) is 31.0 Å². The summed E-state index contributed by atoms with van der Waals surface area (Å²) in [6.07, 6.45) is 18.5. The van der Waals surface area contributed by atoms with Crippen LogP contribution in [0, 0.1) is 0 Å². The molecule has 2 amide bonds. The first-order chi connectivity index (χ1) is 18.5. The number of hydrogen-bond acceptors (Lipinski definition) is 3. The lowest BCUT2D eigenvalue weighted by Gasteiger charge is -2.19. The van der Waals surface area contributed by atoms with E-state index in [1.807, 2.05) is 24.4 Å². The van der Waals surface area contributed by atoms with Crippen molar-refractivity contribution in [3.63, 3.8) is 0 Å². The number of aromatic nitrogens is 1. The van der Waals surface area contributed by atoms with Crippen LogP contribution in [0.4, 0.5) is 0 Å². The highest BCUT2D eigenvalue weighted by Gasteiger charge is 2.24. The van der Waals surface area contributed by atoms with Crippen molar-refractivity contribution in [2.24, 2.45) is 0 Å². The molecule has 1 heterocycles. The number of nitrogens with zero attached hydrogens (tertiary/aromatic N) is 2. The van der Waals surface area contributed by atoms with Crippen molar-refractivity contribution in [1.29, 1.82) is 0 Å². The van der Waals surface area contributed by atoms with Crippen molar-refractivity contribution in [3.05, 3.63) is 58.9 Å². The predicted octanol–water partition coefficient (Wildman–Crippen LogP) is 5.31. The maximum atomic E-state index is 13.2. The van der Waals surface area contributed by atoms with Crippen LogP contribution in [-0.2, 0) is 17.9 Å². The number of rotatable bonds is 19. The van der Waals surface area contributed by atoms with E-state index in [-0.39, 0.29) is 42.3 Å². The molecule has 0 aliphatic rings. The summed E-state index contributed by atoms with van der Waals surface area (Å²) in [6, 6.07) is 10.8. The average Bonchev–Trinajstić information content (AvgIpc) is 2.91. The SMILES string of the molecule is CCCCCCCCCCCCCCOc1ccc(C(=O)N(Cc2cccc[n+]2CCC)C(C)=O)cc1Cl.[I-]. The molecule has 1 aromatic heterocycles. The van der Waals surface area contributed by atoms with Gasteiger partial charge in [0.05, 0.1) is 11.6 Å². The molecule has 0 radical (unpaired) electrons. The lowest BCUT2D eigenvalue weighted by Crippen LogP contribution is -3.00. The number of unbranched alkanes of at least 4 members (excludes halogenated alkanes) is 11. The van der Waals surface area contributed by atoms with Crippen molar-refractivity contribution in [1.82, 2.24) is 4.90 Å². The fourth-order valence-corrected chi connectivity index (χ4v) is 4.87. The van der Waals surface area contributed by atoms with Crippen molar-refractivity contribution >= 4 is 23.4 Å². The van der Waals surface area contributed by atoms with Crippen LogP contribution in [0.5, 0.6) is 5.75 Å². The fraction of sp³-hybridized carbons (Fsp3) is 0.594. The van der Waals surface area contributed by atoms with E-state index < -0.39 is 0 Å². The Balaban J connectivity index is 0.00000760. The molecule has 0 bridgehead atoms. The summed E-state index contributed by atoms with van der Waals surface area (Å²) >= 11 is 6.45. The quantitative estimate of drug-likeness (QED) is 0.116. The van der Waals surface area contributed by atoms with Crippen LogP contribution in [0.15, 0.2) is 42.6 Å². The molecule has 0 aliphatic carbocycles. The first-order valence-electron chi connectivity index (χ1n) is 14.7. The highest BCUT2D eigenvalue weighted by Crippen LogP contribution is 2.27. The second-order valence-corrected chi connectivity index (χ2v) is 10.6. The third kappa shape index (κ3) is 13.5. The highest BCUT2D eigenvalue weighted by atomic mass is 127. The van der Waals surface area contributed by atoms with Crippen molar-refractivity contribution in [2.75, 3.05) is 6.61 Å². The number of amides is 2. The van der Waals surface area contributed by atoms with Gasteiger partial charge in [-0.2, -0.15) is 0 Å². The monoisotopic (exact) mass is 670 g/mol. The molecule has 0 unspecified atom stereocenters. The second-order valence-electron chi connectivity index (χ2n) is 10.2. The lowest BCUT2D eigenvalue weighted by atomic mass is 10.1. The van der Waals surface area contributed by atoms with Crippen LogP contribution in [0.2, 0.25) is 5.02 Å². The molecule has 7 heteroatoms. The molecule has 0 aliphatic heterocycles. The zero-order chi connectivity index (χ0) is 27.6. The maximum absolute atomic E-state index is 13.2. The Morgan fingerprint density at radius 3 is 2.03 bits per heavy atom. The van der Waals surface area contributed by atoms with Gasteiger partial charge in [-0.15, -0.1) is 0 Å². The van der Waals surface area contributed by atoms with Crippen LogP contribution < -0.4 is 33.3 Å². The largest absolute Gasteiger partial charge is 1.00 e. The van der Waals surface area contributed by atoms with Crippen molar-refractivity contribution < 1.29 is 42.9 Å². The Bertz CT molecular complexity index is 986. The van der Waals surface area contributed by atoms with Crippen molar-refractivity contribution in [3.8, 4) is 5.75 Å². The number of benzene rings is 1. The van der Waals surface area contributed by atoms with Gasteiger partial charge in [-0.3, -0.25) is 14.5 Å². The lowest BCUT2D eigenvalue weighted by molar-refractivity contribution is -0.704. The van der Waals surface area contributed by atoms with E-state index in [2.05, 4.69) is 18.4 Å². The molecule has 0 spiro atoms. The second kappa shape index (κ2) is 21.1. The van der Waals surface area contributed by atoms with Gasteiger partial charge in [0.2, 0.25) is 11.6 Å². The van der Waals surface area contributed by atoms with E-state index in [0.717, 1.165) is 31.5 Å². The minimum absolute atomic E-state index is 0. The topological polar surface area (TPSA) is 50.5 Å². The Labute approximate surface area is 258 Å². The molecule has 39 heavy (non-hydrogen) atoms. The minimum Gasteiger partial charge on any atom is -1.00 e. The van der Waals surface area contributed by atoms with E-state index in [9.17, 15) is 9.59 Å². The molecule has 2 aromatic rings. The summed E-state index contributed by atoms with van der Waals surface area (Å²) < 4.78 is 7.95. The third-order valence-electron chi connectivity index (χ3n) is 6.88. The first-order valence-corrected chi connectivity index (χ1v) is 15.1. The van der Waals surface area contributed by atoms with Gasteiger partial charge in [-0.1, -0.05) is 102 Å². The Hall–Kier alpha value is -1.67. The molecule has 0 atom stereocenters. The number of halogens is 2. The van der Waals surface area contributed by atoms with Crippen molar-refractivity contribution in [2.45, 2.75) is 117 Å². The molecule has 0 N–H and O–H groups in total. The number of ether oxygens (including phenoxy) is 1. The van der Waals surface area contributed by atoms with Crippen LogP contribution >= 0.6 is 11.6 Å². The van der Waals surface area contributed by atoms with Crippen LogP contribution in [0.25, 0.3) is 0 Å². The Morgan fingerprint density at radius 1 is 0.846 bits per heavy atom. The van der Waals surface area contributed by atoms with Crippen LogP contribution in [0.3, 0.4) is 0 Å². The van der Waals surface area contributed by atoms with Gasteiger partial charge < -0.3 is 28.7 Å². The molecule has 1 aromatic carbocycles. The van der Waals surface area contributed by atoms with E-state index in [1.165, 1.54) is 76.0 Å². The number of carbonyl (C=O) groups is 2. The van der Waals surface area contributed by atoms with Gasteiger partial charge in [-0.25, -0.2) is 4.57 Å². The molecule has 0 saturated heterocycles. The molecule has 5 nitrogen and oxygen atoms in total. The predicted molar refractivity (Wildman–Crippen MR) is 156 cm³/mol. The number of hydrogen-bond donors (Lipinski definition) is 0. The third-order valence-corrected chi connectivity index (χ3v) is 7.17. The zero-order valence-corrected chi connectivity index (χ0v) is 27.1. The normalized spacial score (nSPS) is 10.7. The molecule has 2 rings (SSSR count). The number of pyridine rings is 1.